The first-order chi connectivity index (χ1) is 9.06. The standard InChI is InChI=1S/C14H14BrNO2S/c1-10-2-4-11(5-3-10)16(9-14(17)18)8-13-12(15)6-7-19-13/h2-7H,8-9H2,1H3,(H,17,18). The molecule has 0 aliphatic heterocycles. The summed E-state index contributed by atoms with van der Waals surface area (Å²) in [6.45, 7) is 2.60. The van der Waals surface area contributed by atoms with Gasteiger partial charge in [0.15, 0.2) is 0 Å². The summed E-state index contributed by atoms with van der Waals surface area (Å²) in [6.07, 6.45) is 0. The number of thiophene rings is 1. The first kappa shape index (κ1) is 14.1. The maximum atomic E-state index is 11.0. The topological polar surface area (TPSA) is 40.5 Å². The molecule has 1 aromatic carbocycles. The highest BCUT2D eigenvalue weighted by Crippen LogP contribution is 2.26. The summed E-state index contributed by atoms with van der Waals surface area (Å²) in [7, 11) is 0. The van der Waals surface area contributed by atoms with E-state index in [1.54, 1.807) is 11.3 Å². The molecule has 0 saturated carbocycles. The highest BCUT2D eigenvalue weighted by Gasteiger charge is 2.13. The van der Waals surface area contributed by atoms with Crippen LogP contribution in [0.25, 0.3) is 0 Å². The van der Waals surface area contributed by atoms with Gasteiger partial charge in [-0.3, -0.25) is 4.79 Å². The largest absolute Gasteiger partial charge is 0.480 e. The van der Waals surface area contributed by atoms with Gasteiger partial charge in [0.25, 0.3) is 0 Å². The zero-order valence-electron chi connectivity index (χ0n) is 10.5. The second-order valence-electron chi connectivity index (χ2n) is 4.28. The molecule has 0 fully saturated rings. The predicted molar refractivity (Wildman–Crippen MR) is 81.9 cm³/mol. The summed E-state index contributed by atoms with van der Waals surface area (Å²) >= 11 is 5.10. The van der Waals surface area contributed by atoms with Gasteiger partial charge in [-0.15, -0.1) is 11.3 Å². The third-order valence-electron chi connectivity index (χ3n) is 2.75. The van der Waals surface area contributed by atoms with Crippen molar-refractivity contribution >= 4 is 38.9 Å². The van der Waals surface area contributed by atoms with Gasteiger partial charge in [0.2, 0.25) is 0 Å². The van der Waals surface area contributed by atoms with Crippen molar-refractivity contribution in [2.75, 3.05) is 11.4 Å². The summed E-state index contributed by atoms with van der Waals surface area (Å²) in [5.74, 6) is -0.826. The lowest BCUT2D eigenvalue weighted by Gasteiger charge is -2.22. The Kier molecular flexibility index (Phi) is 4.61. The molecule has 0 bridgehead atoms. The molecule has 0 saturated heterocycles. The second kappa shape index (κ2) is 6.21. The van der Waals surface area contributed by atoms with Crippen LogP contribution in [0.5, 0.6) is 0 Å². The lowest BCUT2D eigenvalue weighted by Crippen LogP contribution is -2.28. The van der Waals surface area contributed by atoms with E-state index in [1.165, 1.54) is 0 Å². The molecule has 1 aromatic heterocycles. The number of nitrogens with zero attached hydrogens (tertiary/aromatic N) is 1. The minimum absolute atomic E-state index is 0.00655. The van der Waals surface area contributed by atoms with Crippen LogP contribution in [0, 0.1) is 6.92 Å². The van der Waals surface area contributed by atoms with Crippen molar-refractivity contribution < 1.29 is 9.90 Å². The molecule has 0 amide bonds. The van der Waals surface area contributed by atoms with Gasteiger partial charge in [-0.25, -0.2) is 0 Å². The first-order valence-corrected chi connectivity index (χ1v) is 7.49. The van der Waals surface area contributed by atoms with Gasteiger partial charge in [-0.1, -0.05) is 17.7 Å². The molecular formula is C14H14BrNO2S. The van der Waals surface area contributed by atoms with Gasteiger partial charge >= 0.3 is 5.97 Å². The zero-order chi connectivity index (χ0) is 13.8. The number of halogens is 1. The minimum Gasteiger partial charge on any atom is -0.480 e. The smallest absolute Gasteiger partial charge is 0.323 e. The van der Waals surface area contributed by atoms with E-state index in [-0.39, 0.29) is 6.54 Å². The van der Waals surface area contributed by atoms with Gasteiger partial charge in [0.05, 0.1) is 6.54 Å². The Morgan fingerprint density at radius 1 is 1.32 bits per heavy atom. The molecule has 0 atom stereocenters. The molecule has 2 rings (SSSR count). The molecule has 1 heterocycles. The molecular weight excluding hydrogens is 326 g/mol. The van der Waals surface area contributed by atoms with Gasteiger partial charge in [0, 0.05) is 15.0 Å². The van der Waals surface area contributed by atoms with Gasteiger partial charge in [0.1, 0.15) is 6.54 Å². The lowest BCUT2D eigenvalue weighted by molar-refractivity contribution is -0.135. The van der Waals surface area contributed by atoms with Crippen LogP contribution in [0.3, 0.4) is 0 Å². The summed E-state index contributed by atoms with van der Waals surface area (Å²) < 4.78 is 1.03. The van der Waals surface area contributed by atoms with E-state index >= 15 is 0 Å². The Bertz CT molecular complexity index is 565. The van der Waals surface area contributed by atoms with Crippen LogP contribution in [0.15, 0.2) is 40.2 Å². The number of carbonyl (C=O) groups is 1. The molecule has 5 heteroatoms. The maximum absolute atomic E-state index is 11.0. The second-order valence-corrected chi connectivity index (χ2v) is 6.13. The fraction of sp³-hybridized carbons (Fsp3) is 0.214. The maximum Gasteiger partial charge on any atom is 0.323 e. The quantitative estimate of drug-likeness (QED) is 0.897. The van der Waals surface area contributed by atoms with E-state index in [2.05, 4.69) is 15.9 Å². The van der Waals surface area contributed by atoms with Crippen LogP contribution in [0.2, 0.25) is 0 Å². The van der Waals surface area contributed by atoms with Crippen LogP contribution in [-0.4, -0.2) is 17.6 Å². The molecule has 100 valence electrons. The Hall–Kier alpha value is -1.33. The minimum atomic E-state index is -0.826. The third-order valence-corrected chi connectivity index (χ3v) is 4.66. The number of aryl methyl sites for hydroxylation is 1. The van der Waals surface area contributed by atoms with Gasteiger partial charge < -0.3 is 10.0 Å². The Morgan fingerprint density at radius 2 is 2.00 bits per heavy atom. The summed E-state index contributed by atoms with van der Waals surface area (Å²) in [6, 6.07) is 9.88. The van der Waals surface area contributed by atoms with Crippen molar-refractivity contribution in [3.05, 3.63) is 50.6 Å². The van der Waals surface area contributed by atoms with E-state index in [0.717, 1.165) is 20.6 Å². The van der Waals surface area contributed by atoms with Crippen molar-refractivity contribution in [1.82, 2.24) is 0 Å². The Labute approximate surface area is 124 Å². The predicted octanol–water partition coefficient (Wildman–Crippen LogP) is 3.91. The first-order valence-electron chi connectivity index (χ1n) is 5.81. The van der Waals surface area contributed by atoms with E-state index in [1.807, 2.05) is 47.5 Å². The van der Waals surface area contributed by atoms with E-state index in [0.29, 0.717) is 6.54 Å². The number of anilines is 1. The average molecular weight is 340 g/mol. The normalized spacial score (nSPS) is 10.4. The van der Waals surface area contributed by atoms with E-state index < -0.39 is 5.97 Å². The fourth-order valence-corrected chi connectivity index (χ4v) is 3.26. The van der Waals surface area contributed by atoms with Crippen LogP contribution < -0.4 is 4.90 Å². The Balaban J connectivity index is 2.23. The fourth-order valence-electron chi connectivity index (χ4n) is 1.77. The number of hydrogen-bond donors (Lipinski definition) is 1. The molecule has 2 aromatic rings. The summed E-state index contributed by atoms with van der Waals surface area (Å²) in [5.41, 5.74) is 2.09. The van der Waals surface area contributed by atoms with Crippen LogP contribution in [-0.2, 0) is 11.3 Å². The number of carboxylic acids is 1. The van der Waals surface area contributed by atoms with Crippen molar-refractivity contribution in [3.8, 4) is 0 Å². The summed E-state index contributed by atoms with van der Waals surface area (Å²) in [4.78, 5) is 14.0. The molecule has 19 heavy (non-hydrogen) atoms. The summed E-state index contributed by atoms with van der Waals surface area (Å²) in [5, 5.41) is 11.0. The SMILES string of the molecule is Cc1ccc(N(CC(=O)O)Cc2sccc2Br)cc1. The van der Waals surface area contributed by atoms with Crippen LogP contribution in [0.1, 0.15) is 10.4 Å². The van der Waals surface area contributed by atoms with Crippen molar-refractivity contribution in [1.29, 1.82) is 0 Å². The highest BCUT2D eigenvalue weighted by molar-refractivity contribution is 9.10. The molecule has 0 unspecified atom stereocenters. The number of carboxylic acid groups (broad SMARTS) is 1. The number of rotatable bonds is 5. The molecule has 1 N–H and O–H groups in total. The molecule has 0 radical (unpaired) electrons. The zero-order valence-corrected chi connectivity index (χ0v) is 12.9. The highest BCUT2D eigenvalue weighted by atomic mass is 79.9. The van der Waals surface area contributed by atoms with Gasteiger partial charge in [-0.2, -0.15) is 0 Å². The van der Waals surface area contributed by atoms with Gasteiger partial charge in [-0.05, 0) is 46.4 Å². The molecule has 0 spiro atoms. The number of benzene rings is 1. The van der Waals surface area contributed by atoms with Crippen molar-refractivity contribution in [3.63, 3.8) is 0 Å². The third kappa shape index (κ3) is 3.81. The van der Waals surface area contributed by atoms with Crippen LogP contribution >= 0.6 is 27.3 Å². The monoisotopic (exact) mass is 339 g/mol. The molecule has 0 aliphatic rings. The average Bonchev–Trinajstić information content (AvgIpc) is 2.75. The van der Waals surface area contributed by atoms with Crippen molar-refractivity contribution in [2.24, 2.45) is 0 Å². The number of aliphatic carboxylic acids is 1. The molecule has 3 nitrogen and oxygen atoms in total. The Morgan fingerprint density at radius 3 is 2.53 bits per heavy atom. The van der Waals surface area contributed by atoms with E-state index in [4.69, 9.17) is 5.11 Å². The van der Waals surface area contributed by atoms with Crippen LogP contribution in [0.4, 0.5) is 5.69 Å². The van der Waals surface area contributed by atoms with Crippen molar-refractivity contribution in [2.45, 2.75) is 13.5 Å². The number of hydrogen-bond acceptors (Lipinski definition) is 3. The molecule has 0 aliphatic carbocycles. The lowest BCUT2D eigenvalue weighted by atomic mass is 10.2. The van der Waals surface area contributed by atoms with E-state index in [9.17, 15) is 4.79 Å².